The van der Waals surface area contributed by atoms with Gasteiger partial charge >= 0.3 is 6.09 Å². The molecule has 4 fully saturated rings. The molecule has 0 radical (unpaired) electrons. The average molecular weight is 940 g/mol. The first kappa shape index (κ1) is 49.1. The van der Waals surface area contributed by atoms with Crippen LogP contribution in [0.1, 0.15) is 114 Å². The molecule has 10 rings (SSSR count). The molecule has 4 aliphatic rings. The van der Waals surface area contributed by atoms with Crippen LogP contribution in [0, 0.1) is 11.6 Å². The van der Waals surface area contributed by atoms with E-state index in [1.54, 1.807) is 53.1 Å². The van der Waals surface area contributed by atoms with Crippen LogP contribution in [0.25, 0.3) is 44.7 Å². The van der Waals surface area contributed by atoms with Crippen molar-refractivity contribution in [2.45, 2.75) is 103 Å². The van der Waals surface area contributed by atoms with Gasteiger partial charge in [0.05, 0.1) is 48.7 Å². The van der Waals surface area contributed by atoms with Gasteiger partial charge in [-0.15, -0.1) is 0 Å². The quantitative estimate of drug-likeness (QED) is 0.192. The molecule has 15 heteroatoms. The van der Waals surface area contributed by atoms with E-state index >= 15 is 0 Å². The molecule has 2 saturated carbocycles. The van der Waals surface area contributed by atoms with E-state index in [9.17, 15) is 23.2 Å². The Morgan fingerprint density at radius 2 is 1.12 bits per heavy atom. The van der Waals surface area contributed by atoms with Gasteiger partial charge in [-0.2, -0.15) is 0 Å². The van der Waals surface area contributed by atoms with Crippen LogP contribution in [0.2, 0.25) is 0 Å². The minimum absolute atomic E-state index is 0. The summed E-state index contributed by atoms with van der Waals surface area (Å²) in [4.78, 5) is 53.9. The number of benzene rings is 2. The second kappa shape index (κ2) is 18.3. The second-order valence-corrected chi connectivity index (χ2v) is 19.8. The Labute approximate surface area is 396 Å². The van der Waals surface area contributed by atoms with Gasteiger partial charge in [0.2, 0.25) is 0 Å². The Kier molecular flexibility index (Phi) is 13.4. The van der Waals surface area contributed by atoms with Gasteiger partial charge in [0.1, 0.15) is 22.7 Å². The molecule has 2 N–H and O–H groups in total. The molecule has 0 spiro atoms. The van der Waals surface area contributed by atoms with Gasteiger partial charge in [-0.05, 0) is 132 Å². The normalized spacial score (nSPS) is 18.6. The first-order chi connectivity index (χ1) is 30.9. The number of nitrogens with two attached hydrogens (primary N) is 1. The van der Waals surface area contributed by atoms with Gasteiger partial charge in [-0.25, -0.2) is 23.5 Å². The number of nitrogens with zero attached hydrogens (tertiary/aromatic N) is 5. The zero-order valence-corrected chi connectivity index (χ0v) is 39.4. The summed E-state index contributed by atoms with van der Waals surface area (Å²) in [6.45, 7) is 18.1. The number of ether oxygens (including phenoxy) is 1. The number of amides is 3. The third-order valence-corrected chi connectivity index (χ3v) is 13.8. The van der Waals surface area contributed by atoms with Crippen LogP contribution in [0.3, 0.4) is 0 Å². The molecule has 0 unspecified atom stereocenters. The molecular formula is C52H61ClF2N6O6. The van der Waals surface area contributed by atoms with Gasteiger partial charge < -0.3 is 46.0 Å². The molecule has 2 aliphatic heterocycles. The van der Waals surface area contributed by atoms with Crippen LogP contribution in [0.5, 0.6) is 0 Å². The predicted octanol–water partition coefficient (Wildman–Crippen LogP) is 6.50. The lowest BCUT2D eigenvalue weighted by Crippen LogP contribution is -3.00. The number of halogens is 3. The van der Waals surface area contributed by atoms with Gasteiger partial charge in [-0.3, -0.25) is 9.59 Å². The fourth-order valence-electron chi connectivity index (χ4n) is 9.23. The van der Waals surface area contributed by atoms with Crippen molar-refractivity contribution in [3.05, 3.63) is 107 Å². The number of carbonyl (C=O) groups excluding carboxylic acids is 3. The van der Waals surface area contributed by atoms with Crippen molar-refractivity contribution in [1.29, 1.82) is 0 Å². The molecule has 356 valence electrons. The first-order valence-corrected chi connectivity index (χ1v) is 22.7. The van der Waals surface area contributed by atoms with Gasteiger partial charge in [-0.1, -0.05) is 21.3 Å². The zero-order valence-electron chi connectivity index (χ0n) is 38.6. The number of fused-ring (bicyclic) bond motifs is 2. The summed E-state index contributed by atoms with van der Waals surface area (Å²) >= 11 is 0. The van der Waals surface area contributed by atoms with Gasteiger partial charge in [0, 0.05) is 54.0 Å². The van der Waals surface area contributed by atoms with Crippen molar-refractivity contribution in [3.63, 3.8) is 0 Å². The maximum Gasteiger partial charge on any atom is 0.409 e. The summed E-state index contributed by atoms with van der Waals surface area (Å²) in [5.41, 5.74) is 7.07. The SMILES string of the molecule is C.CC1(c2cc(-c3ccc(F)cc3)nc3cc(C(=O)N4CC[NH2+]CC4(C)C)oc23)CC1.CCOC(=O)N1CCN(C(=O)c2cc3nc(-c4ccc(F)cc4)cc(C4(C)CC4)c3o2)C(C)(C)C1.[Cl-]. The van der Waals surface area contributed by atoms with Crippen LogP contribution in [0.4, 0.5) is 13.6 Å². The van der Waals surface area contributed by atoms with Crippen LogP contribution >= 0.6 is 0 Å². The number of furan rings is 2. The van der Waals surface area contributed by atoms with Crippen LogP contribution in [-0.4, -0.2) is 99.5 Å². The average Bonchev–Trinajstić information content (AvgIpc) is 4.10. The number of hydrogen-bond donors (Lipinski definition) is 1. The number of hydrogen-bond acceptors (Lipinski definition) is 8. The molecule has 3 amide bonds. The van der Waals surface area contributed by atoms with Crippen molar-refractivity contribution in [3.8, 4) is 22.5 Å². The molecule has 2 aromatic carbocycles. The fourth-order valence-corrected chi connectivity index (χ4v) is 9.23. The Balaban J connectivity index is 0.000000195. The predicted molar refractivity (Wildman–Crippen MR) is 249 cm³/mol. The number of piperazine rings is 2. The summed E-state index contributed by atoms with van der Waals surface area (Å²) in [7, 11) is 0. The highest BCUT2D eigenvalue weighted by Crippen LogP contribution is 2.52. The van der Waals surface area contributed by atoms with Crippen LogP contribution in [-0.2, 0) is 15.6 Å². The highest BCUT2D eigenvalue weighted by atomic mass is 35.5. The molecule has 67 heavy (non-hydrogen) atoms. The lowest BCUT2D eigenvalue weighted by atomic mass is 9.96. The number of pyridine rings is 2. The maximum absolute atomic E-state index is 13.6. The summed E-state index contributed by atoms with van der Waals surface area (Å²) in [6.07, 6.45) is 3.85. The fraction of sp³-hybridized carbons (Fsp3) is 0.442. The molecule has 0 atom stereocenters. The standard InChI is InChI=1S/C27H30FN3O4.C24H26FN3O2.CH4.ClH/c1-5-34-25(33)30-12-13-31(26(2,3)16-30)24(32)22-15-21-23(35-22)19(27(4)10-11-27)14-20(29-21)17-6-8-18(28)9-7-17;1-23(2)14-26-10-11-28(23)22(29)20-13-19-21(30-20)17(24(3)8-9-24)12-18(27-19)15-4-6-16(25)7-5-15;;/h6-9,14-15H,5,10-13,16H2,1-4H3;4-7,12-13,26H,8-11,14H2,1-3H3;1H4;1H. The largest absolute Gasteiger partial charge is 1.00 e. The summed E-state index contributed by atoms with van der Waals surface area (Å²) < 4.78 is 44.3. The highest BCUT2D eigenvalue weighted by molar-refractivity contribution is 5.98. The number of carbonyl (C=O) groups is 3. The van der Waals surface area contributed by atoms with Crippen LogP contribution < -0.4 is 17.7 Å². The zero-order chi connectivity index (χ0) is 46.1. The number of aromatic nitrogens is 2. The van der Waals surface area contributed by atoms with Crippen LogP contribution in [0.15, 0.2) is 81.6 Å². The smallest absolute Gasteiger partial charge is 0.409 e. The molecular weight excluding hydrogens is 878 g/mol. The Hall–Kier alpha value is -5.86. The highest BCUT2D eigenvalue weighted by Gasteiger charge is 2.45. The molecule has 2 saturated heterocycles. The third-order valence-electron chi connectivity index (χ3n) is 13.8. The second-order valence-electron chi connectivity index (χ2n) is 19.8. The Morgan fingerprint density at radius 1 is 0.672 bits per heavy atom. The van der Waals surface area contributed by atoms with E-state index in [-0.39, 0.29) is 71.5 Å². The van der Waals surface area contributed by atoms with E-state index in [0.717, 1.165) is 72.4 Å². The van der Waals surface area contributed by atoms with Crippen molar-refractivity contribution >= 4 is 40.1 Å². The summed E-state index contributed by atoms with van der Waals surface area (Å²) in [5, 5.41) is 2.24. The van der Waals surface area contributed by atoms with E-state index in [2.05, 4.69) is 33.0 Å². The van der Waals surface area contributed by atoms with E-state index in [0.29, 0.717) is 60.7 Å². The Morgan fingerprint density at radius 3 is 1.52 bits per heavy atom. The van der Waals surface area contributed by atoms with Gasteiger partial charge in [0.25, 0.3) is 11.8 Å². The molecule has 6 aromatic rings. The Bertz CT molecular complexity index is 2810. The monoisotopic (exact) mass is 938 g/mol. The molecule has 6 heterocycles. The van der Waals surface area contributed by atoms with Crippen molar-refractivity contribution < 1.29 is 54.5 Å². The topological polar surface area (TPSA) is 139 Å². The third kappa shape index (κ3) is 9.65. The number of rotatable bonds is 7. The van der Waals surface area contributed by atoms with E-state index in [4.69, 9.17) is 23.5 Å². The summed E-state index contributed by atoms with van der Waals surface area (Å²) in [6, 6.07) is 20.1. The van der Waals surface area contributed by atoms with Crippen molar-refractivity contribution in [1.82, 2.24) is 24.7 Å². The van der Waals surface area contributed by atoms with E-state index in [1.807, 2.05) is 30.9 Å². The summed E-state index contributed by atoms with van der Waals surface area (Å²) in [5.74, 6) is -0.313. The van der Waals surface area contributed by atoms with E-state index in [1.165, 1.54) is 24.3 Å². The maximum atomic E-state index is 13.6. The van der Waals surface area contributed by atoms with E-state index < -0.39 is 5.54 Å². The molecule has 4 aromatic heterocycles. The van der Waals surface area contributed by atoms with Gasteiger partial charge in [0.15, 0.2) is 22.7 Å². The first-order valence-electron chi connectivity index (χ1n) is 22.7. The van der Waals surface area contributed by atoms with Crippen molar-refractivity contribution in [2.75, 3.05) is 45.9 Å². The minimum atomic E-state index is -0.598. The lowest BCUT2D eigenvalue weighted by Gasteiger charge is -2.46. The molecule has 2 aliphatic carbocycles. The lowest BCUT2D eigenvalue weighted by molar-refractivity contribution is -0.673. The molecule has 12 nitrogen and oxygen atoms in total. The minimum Gasteiger partial charge on any atom is -1.00 e. The number of quaternary nitrogens is 1. The molecule has 0 bridgehead atoms. The van der Waals surface area contributed by atoms with Crippen molar-refractivity contribution in [2.24, 2.45) is 0 Å².